The summed E-state index contributed by atoms with van der Waals surface area (Å²) in [6.07, 6.45) is 3.22. The second-order valence-electron chi connectivity index (χ2n) is 5.37. The minimum atomic E-state index is -0.510. The summed E-state index contributed by atoms with van der Waals surface area (Å²) in [7, 11) is 0. The first-order valence-electron chi connectivity index (χ1n) is 7.55. The van der Waals surface area contributed by atoms with Gasteiger partial charge in [0.25, 0.3) is 0 Å². The van der Waals surface area contributed by atoms with E-state index in [1.54, 1.807) is 6.92 Å². The van der Waals surface area contributed by atoms with E-state index < -0.39 is 11.6 Å². The Morgan fingerprint density at radius 3 is 2.81 bits per heavy atom. The maximum atomic E-state index is 13.6. The summed E-state index contributed by atoms with van der Waals surface area (Å²) in [5.41, 5.74) is 0.0952. The van der Waals surface area contributed by atoms with Gasteiger partial charge >= 0.3 is 0 Å². The van der Waals surface area contributed by atoms with Gasteiger partial charge in [-0.1, -0.05) is 6.07 Å². The highest BCUT2D eigenvalue weighted by molar-refractivity contribution is 5.22. The molecule has 1 fully saturated rings. The number of hydrogen-bond donors (Lipinski definition) is 1. The van der Waals surface area contributed by atoms with Gasteiger partial charge in [-0.2, -0.15) is 0 Å². The Balaban J connectivity index is 1.61. The molecule has 1 aromatic rings. The van der Waals surface area contributed by atoms with Crippen molar-refractivity contribution >= 4 is 0 Å². The lowest BCUT2D eigenvalue weighted by molar-refractivity contribution is 0.0165. The van der Waals surface area contributed by atoms with Crippen molar-refractivity contribution in [3.63, 3.8) is 0 Å². The van der Waals surface area contributed by atoms with Crippen LogP contribution in [0.1, 0.15) is 37.8 Å². The van der Waals surface area contributed by atoms with Gasteiger partial charge in [0, 0.05) is 24.8 Å². The number of halogens is 2. The summed E-state index contributed by atoms with van der Waals surface area (Å²) in [6, 6.07) is 3.58. The van der Waals surface area contributed by atoms with Crippen LogP contribution in [0.5, 0.6) is 0 Å². The molecule has 1 aromatic carbocycles. The fourth-order valence-corrected chi connectivity index (χ4v) is 2.51. The van der Waals surface area contributed by atoms with E-state index in [0.717, 1.165) is 25.9 Å². The molecule has 0 saturated carbocycles. The molecule has 2 atom stereocenters. The largest absolute Gasteiger partial charge is 0.379 e. The number of ether oxygens (including phenoxy) is 2. The molecule has 0 spiro atoms. The summed E-state index contributed by atoms with van der Waals surface area (Å²) >= 11 is 0. The van der Waals surface area contributed by atoms with E-state index in [1.807, 2.05) is 0 Å². The van der Waals surface area contributed by atoms with Crippen LogP contribution in [0.25, 0.3) is 0 Å². The van der Waals surface area contributed by atoms with Crippen LogP contribution < -0.4 is 5.32 Å². The van der Waals surface area contributed by atoms with Crippen molar-refractivity contribution in [2.24, 2.45) is 0 Å². The molecule has 1 aliphatic heterocycles. The van der Waals surface area contributed by atoms with Gasteiger partial charge in [0.2, 0.25) is 0 Å². The van der Waals surface area contributed by atoms with Crippen LogP contribution >= 0.6 is 0 Å². The van der Waals surface area contributed by atoms with Crippen molar-refractivity contribution in [3.05, 3.63) is 35.4 Å². The Morgan fingerprint density at radius 1 is 1.38 bits per heavy atom. The van der Waals surface area contributed by atoms with Crippen LogP contribution in [0.15, 0.2) is 18.2 Å². The SMILES string of the molecule is CC(NCCCOCC1CCCO1)c1c(F)cccc1F. The van der Waals surface area contributed by atoms with E-state index in [2.05, 4.69) is 5.32 Å². The van der Waals surface area contributed by atoms with Gasteiger partial charge in [-0.05, 0) is 44.9 Å². The Labute approximate surface area is 124 Å². The summed E-state index contributed by atoms with van der Waals surface area (Å²) in [5.74, 6) is -1.02. The zero-order chi connectivity index (χ0) is 15.1. The molecular weight excluding hydrogens is 276 g/mol. The van der Waals surface area contributed by atoms with Crippen LogP contribution in [0.3, 0.4) is 0 Å². The predicted octanol–water partition coefficient (Wildman–Crippen LogP) is 3.20. The van der Waals surface area contributed by atoms with E-state index >= 15 is 0 Å². The molecule has 2 rings (SSSR count). The van der Waals surface area contributed by atoms with Crippen LogP contribution in [0.2, 0.25) is 0 Å². The van der Waals surface area contributed by atoms with E-state index in [9.17, 15) is 8.78 Å². The van der Waals surface area contributed by atoms with Gasteiger partial charge in [-0.15, -0.1) is 0 Å². The highest BCUT2D eigenvalue weighted by Gasteiger charge is 2.16. The molecule has 0 aliphatic carbocycles. The number of rotatable bonds is 8. The van der Waals surface area contributed by atoms with Crippen LogP contribution in [-0.4, -0.2) is 32.5 Å². The highest BCUT2D eigenvalue weighted by atomic mass is 19.1. The highest BCUT2D eigenvalue weighted by Crippen LogP contribution is 2.20. The maximum absolute atomic E-state index is 13.6. The number of benzene rings is 1. The first kappa shape index (κ1) is 16.3. The van der Waals surface area contributed by atoms with Crippen molar-refractivity contribution in [1.82, 2.24) is 5.32 Å². The smallest absolute Gasteiger partial charge is 0.130 e. The molecule has 1 N–H and O–H groups in total. The van der Waals surface area contributed by atoms with Gasteiger partial charge in [0.05, 0.1) is 12.7 Å². The second-order valence-corrected chi connectivity index (χ2v) is 5.37. The average molecular weight is 299 g/mol. The molecular formula is C16H23F2NO2. The third-order valence-corrected chi connectivity index (χ3v) is 3.68. The number of hydrogen-bond acceptors (Lipinski definition) is 3. The lowest BCUT2D eigenvalue weighted by atomic mass is 10.1. The van der Waals surface area contributed by atoms with Crippen molar-refractivity contribution < 1.29 is 18.3 Å². The third-order valence-electron chi connectivity index (χ3n) is 3.68. The average Bonchev–Trinajstić information content (AvgIpc) is 2.95. The third kappa shape index (κ3) is 5.02. The van der Waals surface area contributed by atoms with Crippen LogP contribution in [-0.2, 0) is 9.47 Å². The molecule has 1 heterocycles. The lowest BCUT2D eigenvalue weighted by Gasteiger charge is -2.16. The molecule has 0 aromatic heterocycles. The molecule has 1 aliphatic rings. The Bertz CT molecular complexity index is 416. The lowest BCUT2D eigenvalue weighted by Crippen LogP contribution is -2.23. The summed E-state index contributed by atoms with van der Waals surface area (Å²) in [4.78, 5) is 0. The zero-order valence-electron chi connectivity index (χ0n) is 12.4. The molecule has 0 radical (unpaired) electrons. The fourth-order valence-electron chi connectivity index (χ4n) is 2.51. The van der Waals surface area contributed by atoms with E-state index in [4.69, 9.17) is 9.47 Å². The molecule has 0 amide bonds. The quantitative estimate of drug-likeness (QED) is 0.748. The molecule has 2 unspecified atom stereocenters. The van der Waals surface area contributed by atoms with E-state index in [0.29, 0.717) is 19.8 Å². The monoisotopic (exact) mass is 299 g/mol. The van der Waals surface area contributed by atoms with Crippen molar-refractivity contribution in [2.45, 2.75) is 38.3 Å². The molecule has 118 valence electrons. The Kier molecular flexibility index (Phi) is 6.54. The van der Waals surface area contributed by atoms with Gasteiger partial charge in [0.15, 0.2) is 0 Å². The maximum Gasteiger partial charge on any atom is 0.130 e. The normalized spacial score (nSPS) is 19.9. The van der Waals surface area contributed by atoms with Crippen molar-refractivity contribution in [3.8, 4) is 0 Å². The predicted molar refractivity (Wildman–Crippen MR) is 77.2 cm³/mol. The summed E-state index contributed by atoms with van der Waals surface area (Å²) in [5, 5.41) is 3.12. The molecule has 21 heavy (non-hydrogen) atoms. The van der Waals surface area contributed by atoms with Gasteiger partial charge in [-0.3, -0.25) is 0 Å². The van der Waals surface area contributed by atoms with E-state index in [-0.39, 0.29) is 17.7 Å². The second kappa shape index (κ2) is 8.41. The van der Waals surface area contributed by atoms with Crippen molar-refractivity contribution in [1.29, 1.82) is 0 Å². The minimum absolute atomic E-state index is 0.0952. The zero-order valence-corrected chi connectivity index (χ0v) is 12.4. The molecule has 3 nitrogen and oxygen atoms in total. The Morgan fingerprint density at radius 2 is 2.14 bits per heavy atom. The standard InChI is InChI=1S/C16H23F2NO2/c1-12(16-14(17)6-2-7-15(16)18)19-8-4-9-20-11-13-5-3-10-21-13/h2,6-7,12-13,19H,3-5,8-11H2,1H3. The van der Waals surface area contributed by atoms with Gasteiger partial charge in [0.1, 0.15) is 11.6 Å². The van der Waals surface area contributed by atoms with E-state index in [1.165, 1.54) is 18.2 Å². The van der Waals surface area contributed by atoms with Gasteiger partial charge < -0.3 is 14.8 Å². The van der Waals surface area contributed by atoms with Crippen LogP contribution in [0.4, 0.5) is 8.78 Å². The molecule has 0 bridgehead atoms. The summed E-state index contributed by atoms with van der Waals surface area (Å²) < 4.78 is 38.2. The number of nitrogens with one attached hydrogen (secondary N) is 1. The van der Waals surface area contributed by atoms with Crippen molar-refractivity contribution in [2.75, 3.05) is 26.4 Å². The fraction of sp³-hybridized carbons (Fsp3) is 0.625. The minimum Gasteiger partial charge on any atom is -0.379 e. The van der Waals surface area contributed by atoms with Crippen LogP contribution in [0, 0.1) is 11.6 Å². The Hall–Kier alpha value is -1.04. The first-order valence-corrected chi connectivity index (χ1v) is 7.55. The molecule has 1 saturated heterocycles. The summed E-state index contributed by atoms with van der Waals surface area (Å²) in [6.45, 7) is 4.51. The first-order chi connectivity index (χ1) is 10.2. The molecule has 5 heteroatoms. The van der Waals surface area contributed by atoms with Gasteiger partial charge in [-0.25, -0.2) is 8.78 Å². The topological polar surface area (TPSA) is 30.5 Å².